The first-order valence-corrected chi connectivity index (χ1v) is 24.6. The van der Waals surface area contributed by atoms with E-state index in [9.17, 15) is 53.1 Å². The number of carbonyl (C=O) groups excluding carboxylic acids is 9. The van der Waals surface area contributed by atoms with Gasteiger partial charge >= 0.3 is 5.97 Å². The first kappa shape index (κ1) is 52.4. The highest BCUT2D eigenvalue weighted by Gasteiger charge is 2.46. The van der Waals surface area contributed by atoms with Crippen LogP contribution in [0.2, 0.25) is 0 Å². The maximum Gasteiger partial charge on any atom is 0.343 e. The average Bonchev–Trinajstić information content (AvgIpc) is 4.08. The number of carbonyl (C=O) groups is 9. The van der Waals surface area contributed by atoms with E-state index in [1.807, 2.05) is 12.1 Å². The third kappa shape index (κ3) is 12.0. The summed E-state index contributed by atoms with van der Waals surface area (Å²) in [5.41, 5.74) is 0.329. The molecule has 21 heteroatoms. The van der Waals surface area contributed by atoms with Crippen LogP contribution in [0.3, 0.4) is 0 Å². The maximum absolute atomic E-state index is 14.2. The number of aliphatic hydroxyl groups is 1. The van der Waals surface area contributed by atoms with E-state index in [0.717, 1.165) is 10.5 Å². The molecular weight excluding hydrogens is 961 g/mol. The molecule has 1 unspecified atom stereocenters. The average molecular weight is 1020 g/mol. The predicted octanol–water partition coefficient (Wildman–Crippen LogP) is 2.33. The number of amides is 5. The zero-order valence-electron chi connectivity index (χ0n) is 40.7. The number of ketones is 3. The molecule has 0 saturated heterocycles. The summed E-state index contributed by atoms with van der Waals surface area (Å²) >= 11 is 0. The molecule has 388 valence electrons. The molecule has 2 aromatic carbocycles. The summed E-state index contributed by atoms with van der Waals surface area (Å²) in [7, 11) is 0. The van der Waals surface area contributed by atoms with Crippen LogP contribution >= 0.6 is 0 Å². The number of cyclic esters (lactones) is 1. The van der Waals surface area contributed by atoms with Crippen LogP contribution in [0.5, 0.6) is 11.5 Å². The Balaban J connectivity index is 0.786. The molecule has 0 saturated carbocycles. The second kappa shape index (κ2) is 23.3. The highest BCUT2D eigenvalue weighted by atomic mass is 16.7. The Hall–Kier alpha value is -7.91. The molecule has 5 amide bonds. The quantitative estimate of drug-likeness (QED) is 0.0399. The monoisotopic (exact) mass is 1020 g/mol. The number of nitrogens with zero attached hydrogens (tertiary/aromatic N) is 3. The van der Waals surface area contributed by atoms with Gasteiger partial charge in [-0.05, 0) is 49.4 Å². The number of esters is 1. The smallest absolute Gasteiger partial charge is 0.343 e. The van der Waals surface area contributed by atoms with Gasteiger partial charge in [-0.3, -0.25) is 52.6 Å². The lowest BCUT2D eigenvalue weighted by atomic mass is 9.86. The van der Waals surface area contributed by atoms with Crippen molar-refractivity contribution in [2.45, 2.75) is 89.4 Å². The van der Waals surface area contributed by atoms with Gasteiger partial charge in [0.05, 0.1) is 48.2 Å². The molecule has 74 heavy (non-hydrogen) atoms. The minimum Gasteiger partial charge on any atom is -0.458 e. The van der Waals surface area contributed by atoms with Crippen LogP contribution in [0.25, 0.3) is 22.3 Å². The second-order valence-electron chi connectivity index (χ2n) is 18.5. The van der Waals surface area contributed by atoms with Gasteiger partial charge in [0.25, 0.3) is 17.4 Å². The molecule has 2 aromatic heterocycles. The number of ether oxygens (including phenoxy) is 4. The number of unbranched alkanes of at least 4 members (excludes halogenated alkanes) is 2. The molecule has 0 radical (unpaired) electrons. The lowest BCUT2D eigenvalue weighted by molar-refractivity contribution is -0.172. The SMILES string of the molecule is CC[C@@]1(O)C(=O)OCc2c1cc1n(c2=O)C(CNC(=O)COCCC(=O)CNC(=O)[C@@H](CC(=O)CNC(=O)CCC(=O)CCCCCN2C(=O)C=CC2=O)Cc2ccccc2)c2cc3cc4c(cc3nc2-1)OCO4. The van der Waals surface area contributed by atoms with Crippen LogP contribution in [0.1, 0.15) is 93.0 Å². The number of nitrogens with one attached hydrogen (secondary N) is 3. The molecule has 4 aliphatic heterocycles. The fourth-order valence-electron chi connectivity index (χ4n) is 9.36. The van der Waals surface area contributed by atoms with E-state index in [0.29, 0.717) is 58.6 Å². The van der Waals surface area contributed by atoms with Gasteiger partial charge in [0.1, 0.15) is 19.0 Å². The molecule has 6 heterocycles. The Morgan fingerprint density at radius 2 is 1.55 bits per heavy atom. The van der Waals surface area contributed by atoms with Crippen LogP contribution in [0, 0.1) is 5.92 Å². The van der Waals surface area contributed by atoms with Gasteiger partial charge in [0.2, 0.25) is 24.5 Å². The Bertz CT molecular complexity index is 2990. The second-order valence-corrected chi connectivity index (χ2v) is 18.5. The zero-order chi connectivity index (χ0) is 52.5. The number of pyridine rings is 2. The van der Waals surface area contributed by atoms with Gasteiger partial charge in [-0.2, -0.15) is 0 Å². The molecule has 21 nitrogen and oxygen atoms in total. The highest BCUT2D eigenvalue weighted by molar-refractivity contribution is 6.12. The van der Waals surface area contributed by atoms with Crippen molar-refractivity contribution in [1.82, 2.24) is 30.4 Å². The number of Topliss-reactive ketones (excluding diaryl/α,β-unsaturated/α-hetero) is 3. The molecule has 0 bridgehead atoms. The summed E-state index contributed by atoms with van der Waals surface area (Å²) in [5, 5.41) is 20.0. The van der Waals surface area contributed by atoms with Gasteiger partial charge in [-0.15, -0.1) is 0 Å². The Morgan fingerprint density at radius 1 is 0.811 bits per heavy atom. The Labute approximate surface area is 423 Å². The molecule has 0 fully saturated rings. The third-order valence-electron chi connectivity index (χ3n) is 13.5. The number of imide groups is 1. The van der Waals surface area contributed by atoms with Crippen molar-refractivity contribution in [2.75, 3.05) is 46.2 Å². The van der Waals surface area contributed by atoms with Gasteiger partial charge in [-0.1, -0.05) is 43.7 Å². The van der Waals surface area contributed by atoms with E-state index in [-0.39, 0.29) is 120 Å². The topological polar surface area (TPSA) is 285 Å². The summed E-state index contributed by atoms with van der Waals surface area (Å²) in [6.07, 6.45) is 4.01. The van der Waals surface area contributed by atoms with Crippen LogP contribution in [0.15, 0.2) is 71.5 Å². The van der Waals surface area contributed by atoms with Crippen molar-refractivity contribution in [3.05, 3.63) is 99.4 Å². The van der Waals surface area contributed by atoms with Crippen molar-refractivity contribution in [2.24, 2.45) is 5.92 Å². The van der Waals surface area contributed by atoms with Gasteiger partial charge in [0.15, 0.2) is 28.7 Å². The minimum absolute atomic E-state index is 0.0182. The molecule has 4 N–H and O–H groups in total. The third-order valence-corrected chi connectivity index (χ3v) is 13.5. The van der Waals surface area contributed by atoms with Crippen LogP contribution in [-0.4, -0.2) is 119 Å². The molecule has 8 rings (SSSR count). The van der Waals surface area contributed by atoms with Crippen molar-refractivity contribution in [3.8, 4) is 22.9 Å². The lowest BCUT2D eigenvalue weighted by Crippen LogP contribution is -2.45. The summed E-state index contributed by atoms with van der Waals surface area (Å²) in [4.78, 5) is 134. The van der Waals surface area contributed by atoms with E-state index >= 15 is 0 Å². The lowest BCUT2D eigenvalue weighted by Gasteiger charge is -2.32. The molecule has 3 atom stereocenters. The molecule has 0 spiro atoms. The van der Waals surface area contributed by atoms with Gasteiger partial charge in [-0.25, -0.2) is 9.78 Å². The number of hydrogen-bond acceptors (Lipinski definition) is 16. The van der Waals surface area contributed by atoms with E-state index in [2.05, 4.69) is 16.0 Å². The zero-order valence-corrected chi connectivity index (χ0v) is 40.7. The van der Waals surface area contributed by atoms with Crippen molar-refractivity contribution >= 4 is 63.8 Å². The van der Waals surface area contributed by atoms with Crippen molar-refractivity contribution < 1.29 is 67.2 Å². The summed E-state index contributed by atoms with van der Waals surface area (Å²) in [6, 6.07) is 15.1. The van der Waals surface area contributed by atoms with E-state index < -0.39 is 65.0 Å². The maximum atomic E-state index is 14.2. The van der Waals surface area contributed by atoms with Gasteiger partial charge < -0.3 is 40.0 Å². The normalized spacial score (nSPS) is 17.4. The first-order chi connectivity index (χ1) is 35.6. The van der Waals surface area contributed by atoms with Crippen LogP contribution < -0.4 is 31.0 Å². The number of fused-ring (bicyclic) bond motifs is 6. The summed E-state index contributed by atoms with van der Waals surface area (Å²) in [6.45, 7) is 0.174. The molecule has 0 aliphatic carbocycles. The standard InChI is InChI=1S/C53H56N6O15/c1-2-53(70)39-23-41-49-37(21-32-22-43-44(74-30-73-43)24-40(32)57-49)42(59(41)51(68)38(39)28-72-52(53)69)27-55-46(64)29-71-18-16-35(61)25-56-50(67)33(19-31-9-5-3-6-10-31)20-36(62)26-54-45(63)13-12-34(60)11-7-4-8-17-58-47(65)14-15-48(58)66/h3,5-6,9-10,14-15,21-24,33,42,70H,2,4,7-8,11-13,16-20,25-30H2,1H3,(H,54,63)(H,55,64)(H,56,67)/t33-,42?,53+/m1/s1. The van der Waals surface area contributed by atoms with E-state index in [4.69, 9.17) is 23.9 Å². The number of aromatic nitrogens is 2. The summed E-state index contributed by atoms with van der Waals surface area (Å²) in [5.74, 6) is -3.96. The molecule has 4 aromatic rings. The van der Waals surface area contributed by atoms with Gasteiger partial charge in [0, 0.05) is 85.8 Å². The van der Waals surface area contributed by atoms with E-state index in [1.165, 1.54) is 16.7 Å². The van der Waals surface area contributed by atoms with Crippen LogP contribution in [-0.2, 0) is 71.3 Å². The van der Waals surface area contributed by atoms with Crippen molar-refractivity contribution in [3.63, 3.8) is 0 Å². The highest BCUT2D eigenvalue weighted by Crippen LogP contribution is 2.44. The molecular formula is C53H56N6O15. The largest absolute Gasteiger partial charge is 0.458 e. The number of hydrogen-bond donors (Lipinski definition) is 4. The number of benzene rings is 2. The Kier molecular flexibility index (Phi) is 16.5. The fourth-order valence-corrected chi connectivity index (χ4v) is 9.36. The van der Waals surface area contributed by atoms with Crippen molar-refractivity contribution in [1.29, 1.82) is 0 Å². The first-order valence-electron chi connectivity index (χ1n) is 24.6. The Morgan fingerprint density at radius 3 is 2.31 bits per heavy atom. The van der Waals surface area contributed by atoms with Crippen LogP contribution in [0.4, 0.5) is 0 Å². The predicted molar refractivity (Wildman–Crippen MR) is 261 cm³/mol. The fraction of sp³-hybridized carbons (Fsp3) is 0.415. The molecule has 4 aliphatic rings. The van der Waals surface area contributed by atoms with E-state index in [1.54, 1.807) is 49.4 Å². The summed E-state index contributed by atoms with van der Waals surface area (Å²) < 4.78 is 23.4. The number of rotatable bonds is 26. The minimum atomic E-state index is -2.05.